The van der Waals surface area contributed by atoms with E-state index in [1.54, 1.807) is 0 Å². The Morgan fingerprint density at radius 1 is 1.46 bits per heavy atom. The zero-order valence-electron chi connectivity index (χ0n) is 8.45. The van der Waals surface area contributed by atoms with Gasteiger partial charge in [-0.25, -0.2) is 0 Å². The van der Waals surface area contributed by atoms with Gasteiger partial charge in [0.15, 0.2) is 0 Å². The molecule has 3 unspecified atom stereocenters. The standard InChI is InChI=1S/C10H19NO2/c1-7(10(12)13-2)8-5-3-4-6-9(8)11/h7-9H,3-6,11H2,1-2H3. The Hall–Kier alpha value is -0.570. The number of ether oxygens (including phenoxy) is 1. The number of hydrogen-bond donors (Lipinski definition) is 1. The van der Waals surface area contributed by atoms with Crippen LogP contribution in [0.2, 0.25) is 0 Å². The minimum atomic E-state index is -0.123. The normalized spacial score (nSPS) is 31.0. The molecule has 3 atom stereocenters. The van der Waals surface area contributed by atoms with E-state index in [0.717, 1.165) is 12.8 Å². The van der Waals surface area contributed by atoms with Crippen LogP contribution in [0.4, 0.5) is 0 Å². The van der Waals surface area contributed by atoms with Crippen LogP contribution in [0, 0.1) is 11.8 Å². The highest BCUT2D eigenvalue weighted by atomic mass is 16.5. The van der Waals surface area contributed by atoms with E-state index in [9.17, 15) is 4.79 Å². The fourth-order valence-electron chi connectivity index (χ4n) is 2.17. The van der Waals surface area contributed by atoms with Gasteiger partial charge >= 0.3 is 5.97 Å². The first-order valence-electron chi connectivity index (χ1n) is 5.00. The topological polar surface area (TPSA) is 52.3 Å². The van der Waals surface area contributed by atoms with Crippen molar-refractivity contribution in [2.75, 3.05) is 7.11 Å². The van der Waals surface area contributed by atoms with E-state index in [2.05, 4.69) is 0 Å². The van der Waals surface area contributed by atoms with Crippen LogP contribution in [0.5, 0.6) is 0 Å². The number of methoxy groups -OCH3 is 1. The zero-order valence-corrected chi connectivity index (χ0v) is 8.45. The zero-order chi connectivity index (χ0) is 9.84. The Morgan fingerprint density at radius 2 is 2.08 bits per heavy atom. The summed E-state index contributed by atoms with van der Waals surface area (Å²) in [5, 5.41) is 0. The van der Waals surface area contributed by atoms with Gasteiger partial charge in [0, 0.05) is 6.04 Å². The van der Waals surface area contributed by atoms with Gasteiger partial charge in [0.2, 0.25) is 0 Å². The Labute approximate surface area is 79.6 Å². The van der Waals surface area contributed by atoms with Gasteiger partial charge in [-0.1, -0.05) is 19.8 Å². The fourth-order valence-corrected chi connectivity index (χ4v) is 2.17. The molecule has 13 heavy (non-hydrogen) atoms. The lowest BCUT2D eigenvalue weighted by Gasteiger charge is -2.31. The smallest absolute Gasteiger partial charge is 0.308 e. The second-order valence-electron chi connectivity index (χ2n) is 3.92. The van der Waals surface area contributed by atoms with Gasteiger partial charge in [-0.15, -0.1) is 0 Å². The highest BCUT2D eigenvalue weighted by Crippen LogP contribution is 2.29. The molecule has 3 nitrogen and oxygen atoms in total. The van der Waals surface area contributed by atoms with E-state index < -0.39 is 0 Å². The van der Waals surface area contributed by atoms with Gasteiger partial charge in [0.05, 0.1) is 13.0 Å². The molecule has 0 heterocycles. The van der Waals surface area contributed by atoms with Crippen molar-refractivity contribution >= 4 is 5.97 Å². The second-order valence-corrected chi connectivity index (χ2v) is 3.92. The summed E-state index contributed by atoms with van der Waals surface area (Å²) in [4.78, 5) is 11.3. The van der Waals surface area contributed by atoms with Crippen LogP contribution in [-0.2, 0) is 9.53 Å². The first-order chi connectivity index (χ1) is 6.16. The molecule has 1 saturated carbocycles. The summed E-state index contributed by atoms with van der Waals surface area (Å²) in [5.74, 6) is 0.156. The molecule has 0 radical (unpaired) electrons. The summed E-state index contributed by atoms with van der Waals surface area (Å²) in [7, 11) is 1.44. The lowest BCUT2D eigenvalue weighted by Crippen LogP contribution is -2.39. The predicted molar refractivity (Wildman–Crippen MR) is 51.1 cm³/mol. The van der Waals surface area contributed by atoms with E-state index in [4.69, 9.17) is 10.5 Å². The van der Waals surface area contributed by atoms with Crippen molar-refractivity contribution < 1.29 is 9.53 Å². The summed E-state index contributed by atoms with van der Waals surface area (Å²) in [6, 6.07) is 0.183. The molecule has 0 bridgehead atoms. The van der Waals surface area contributed by atoms with Crippen molar-refractivity contribution in [2.45, 2.75) is 38.6 Å². The van der Waals surface area contributed by atoms with Crippen molar-refractivity contribution in [3.8, 4) is 0 Å². The van der Waals surface area contributed by atoms with Gasteiger partial charge < -0.3 is 10.5 Å². The maximum absolute atomic E-state index is 11.3. The molecule has 0 aromatic heterocycles. The highest BCUT2D eigenvalue weighted by molar-refractivity contribution is 5.72. The fraction of sp³-hybridized carbons (Fsp3) is 0.900. The molecule has 1 aliphatic rings. The Bertz CT molecular complexity index is 182. The van der Waals surface area contributed by atoms with Gasteiger partial charge in [-0.3, -0.25) is 4.79 Å². The quantitative estimate of drug-likeness (QED) is 0.660. The molecule has 0 amide bonds. The molecule has 0 saturated heterocycles. The van der Waals surface area contributed by atoms with Crippen molar-refractivity contribution in [3.63, 3.8) is 0 Å². The third-order valence-electron chi connectivity index (χ3n) is 3.09. The van der Waals surface area contributed by atoms with Crippen LogP contribution in [0.1, 0.15) is 32.6 Å². The van der Waals surface area contributed by atoms with E-state index in [1.165, 1.54) is 20.0 Å². The Kier molecular flexibility index (Phi) is 3.72. The van der Waals surface area contributed by atoms with E-state index >= 15 is 0 Å². The lowest BCUT2D eigenvalue weighted by atomic mass is 9.77. The SMILES string of the molecule is COC(=O)C(C)C1CCCCC1N. The van der Waals surface area contributed by atoms with Crippen LogP contribution in [0.15, 0.2) is 0 Å². The molecule has 76 valence electrons. The highest BCUT2D eigenvalue weighted by Gasteiger charge is 2.31. The molecule has 2 N–H and O–H groups in total. The summed E-state index contributed by atoms with van der Waals surface area (Å²) >= 11 is 0. The third-order valence-corrected chi connectivity index (χ3v) is 3.09. The minimum Gasteiger partial charge on any atom is -0.469 e. The van der Waals surface area contributed by atoms with Crippen LogP contribution in [-0.4, -0.2) is 19.1 Å². The average molecular weight is 185 g/mol. The van der Waals surface area contributed by atoms with E-state index in [1.807, 2.05) is 6.92 Å². The van der Waals surface area contributed by atoms with Crippen molar-refractivity contribution in [1.29, 1.82) is 0 Å². The van der Waals surface area contributed by atoms with Crippen LogP contribution in [0.3, 0.4) is 0 Å². The number of carbonyl (C=O) groups is 1. The first kappa shape index (κ1) is 10.5. The summed E-state index contributed by atoms with van der Waals surface area (Å²) in [6.45, 7) is 1.92. The number of esters is 1. The van der Waals surface area contributed by atoms with Gasteiger partial charge in [0.1, 0.15) is 0 Å². The molecule has 1 rings (SSSR count). The summed E-state index contributed by atoms with van der Waals surface area (Å²) in [5.41, 5.74) is 5.96. The number of nitrogens with two attached hydrogens (primary N) is 1. The van der Waals surface area contributed by atoms with Crippen LogP contribution >= 0.6 is 0 Å². The van der Waals surface area contributed by atoms with Crippen molar-refractivity contribution in [3.05, 3.63) is 0 Å². The minimum absolute atomic E-state index is 0.0414. The number of rotatable bonds is 2. The molecule has 3 heteroatoms. The Morgan fingerprint density at radius 3 is 2.62 bits per heavy atom. The second kappa shape index (κ2) is 4.61. The molecule has 0 aromatic carbocycles. The molecule has 0 aliphatic heterocycles. The van der Waals surface area contributed by atoms with Crippen molar-refractivity contribution in [2.24, 2.45) is 17.6 Å². The molecule has 0 aromatic rings. The lowest BCUT2D eigenvalue weighted by molar-refractivity contribution is -0.147. The van der Waals surface area contributed by atoms with E-state index in [-0.39, 0.29) is 17.9 Å². The molecular formula is C10H19NO2. The van der Waals surface area contributed by atoms with Crippen LogP contribution < -0.4 is 5.73 Å². The Balaban J connectivity index is 2.53. The maximum Gasteiger partial charge on any atom is 0.308 e. The van der Waals surface area contributed by atoms with Gasteiger partial charge in [0.25, 0.3) is 0 Å². The molecule has 0 spiro atoms. The van der Waals surface area contributed by atoms with Crippen molar-refractivity contribution in [1.82, 2.24) is 0 Å². The summed E-state index contributed by atoms with van der Waals surface area (Å²) in [6.07, 6.45) is 4.51. The predicted octanol–water partition coefficient (Wildman–Crippen LogP) is 1.31. The molecule has 1 aliphatic carbocycles. The van der Waals surface area contributed by atoms with Gasteiger partial charge in [-0.05, 0) is 18.8 Å². The average Bonchev–Trinajstić information content (AvgIpc) is 2.16. The first-order valence-corrected chi connectivity index (χ1v) is 5.00. The van der Waals surface area contributed by atoms with Crippen LogP contribution in [0.25, 0.3) is 0 Å². The largest absolute Gasteiger partial charge is 0.469 e. The molecule has 1 fully saturated rings. The number of hydrogen-bond acceptors (Lipinski definition) is 3. The number of carbonyl (C=O) groups excluding carboxylic acids is 1. The molecular weight excluding hydrogens is 166 g/mol. The monoisotopic (exact) mass is 185 g/mol. The van der Waals surface area contributed by atoms with Gasteiger partial charge in [-0.2, -0.15) is 0 Å². The maximum atomic E-state index is 11.3. The third kappa shape index (κ3) is 2.44. The summed E-state index contributed by atoms with van der Waals surface area (Å²) < 4.78 is 4.72. The van der Waals surface area contributed by atoms with E-state index in [0.29, 0.717) is 5.92 Å².